The molecule has 0 N–H and O–H groups in total. The fourth-order valence-electron chi connectivity index (χ4n) is 2.56. The highest BCUT2D eigenvalue weighted by Crippen LogP contribution is 2.32. The first-order valence-electron chi connectivity index (χ1n) is 6.50. The molecule has 0 bridgehead atoms. The van der Waals surface area contributed by atoms with E-state index in [2.05, 4.69) is 35.0 Å². The second kappa shape index (κ2) is 4.65. The molecule has 1 saturated carbocycles. The third-order valence-corrected chi connectivity index (χ3v) is 4.87. The molecule has 0 spiro atoms. The topological polar surface area (TPSA) is 17.8 Å². The van der Waals surface area contributed by atoms with Crippen molar-refractivity contribution in [3.05, 3.63) is 29.4 Å². The molecular formula is C14H18N2S. The van der Waals surface area contributed by atoms with Gasteiger partial charge in [-0.15, -0.1) is 11.3 Å². The fourth-order valence-corrected chi connectivity index (χ4v) is 3.48. The lowest BCUT2D eigenvalue weighted by Gasteiger charge is -2.08. The molecule has 0 aromatic carbocycles. The second-order valence-electron chi connectivity index (χ2n) is 4.77. The summed E-state index contributed by atoms with van der Waals surface area (Å²) in [5.74, 6) is 0. The Balaban J connectivity index is 1.83. The lowest BCUT2D eigenvalue weighted by molar-refractivity contribution is 0.467. The lowest BCUT2D eigenvalue weighted by atomic mass is 10.2. The van der Waals surface area contributed by atoms with Gasteiger partial charge in [0.15, 0.2) is 0 Å². The lowest BCUT2D eigenvalue weighted by Crippen LogP contribution is -2.04. The Labute approximate surface area is 106 Å². The van der Waals surface area contributed by atoms with E-state index in [0.29, 0.717) is 6.04 Å². The highest BCUT2D eigenvalue weighted by atomic mass is 32.1. The molecule has 1 fully saturated rings. The molecule has 2 nitrogen and oxygen atoms in total. The van der Waals surface area contributed by atoms with Crippen molar-refractivity contribution in [1.29, 1.82) is 0 Å². The molecule has 1 aliphatic rings. The summed E-state index contributed by atoms with van der Waals surface area (Å²) in [4.78, 5) is 2.81. The molecule has 1 aliphatic carbocycles. The maximum absolute atomic E-state index is 4.53. The van der Waals surface area contributed by atoms with Crippen LogP contribution >= 0.6 is 11.3 Å². The Morgan fingerprint density at radius 3 is 2.88 bits per heavy atom. The summed E-state index contributed by atoms with van der Waals surface area (Å²) in [6.07, 6.45) is 10.7. The summed E-state index contributed by atoms with van der Waals surface area (Å²) in [6, 6.07) is 5.10. The quantitative estimate of drug-likeness (QED) is 0.790. The van der Waals surface area contributed by atoms with E-state index in [1.165, 1.54) is 41.0 Å². The minimum atomic E-state index is 0.648. The van der Waals surface area contributed by atoms with Crippen LogP contribution in [0.5, 0.6) is 0 Å². The van der Waals surface area contributed by atoms with Gasteiger partial charge in [-0.2, -0.15) is 5.10 Å². The van der Waals surface area contributed by atoms with Crippen LogP contribution in [0.1, 0.15) is 43.5 Å². The van der Waals surface area contributed by atoms with Crippen LogP contribution in [-0.2, 0) is 6.42 Å². The number of aryl methyl sites for hydroxylation is 1. The number of rotatable bonds is 3. The van der Waals surface area contributed by atoms with Gasteiger partial charge in [0, 0.05) is 21.5 Å². The van der Waals surface area contributed by atoms with Crippen LogP contribution in [-0.4, -0.2) is 9.78 Å². The van der Waals surface area contributed by atoms with Gasteiger partial charge in [-0.05, 0) is 31.4 Å². The largest absolute Gasteiger partial charge is 0.269 e. The van der Waals surface area contributed by atoms with Gasteiger partial charge in [-0.25, -0.2) is 0 Å². The van der Waals surface area contributed by atoms with Crippen LogP contribution in [0.2, 0.25) is 0 Å². The summed E-state index contributed by atoms with van der Waals surface area (Å²) in [6.45, 7) is 2.21. The number of thiophene rings is 1. The fraction of sp³-hybridized carbons (Fsp3) is 0.500. The Hall–Kier alpha value is -1.09. The molecule has 0 radical (unpaired) electrons. The zero-order valence-corrected chi connectivity index (χ0v) is 11.0. The van der Waals surface area contributed by atoms with E-state index in [4.69, 9.17) is 0 Å². The van der Waals surface area contributed by atoms with Crippen molar-refractivity contribution in [3.8, 4) is 10.4 Å². The number of hydrogen-bond donors (Lipinski definition) is 0. The molecule has 0 saturated heterocycles. The standard InChI is InChI=1S/C14H18N2S/c1-2-13-7-8-14(17-13)11-9-15-16(10-11)12-5-3-4-6-12/h7-10,12H,2-6H2,1H3. The molecule has 2 aromatic heterocycles. The zero-order valence-electron chi connectivity index (χ0n) is 10.2. The molecule has 2 aromatic rings. The zero-order chi connectivity index (χ0) is 11.7. The van der Waals surface area contributed by atoms with Crippen LogP contribution in [0.25, 0.3) is 10.4 Å². The van der Waals surface area contributed by atoms with Crippen LogP contribution < -0.4 is 0 Å². The van der Waals surface area contributed by atoms with Crippen molar-refractivity contribution in [2.45, 2.75) is 45.1 Å². The Bertz CT molecular complexity index is 492. The predicted octanol–water partition coefficient (Wildman–Crippen LogP) is 4.29. The molecule has 0 aliphatic heterocycles. The van der Waals surface area contributed by atoms with E-state index in [9.17, 15) is 0 Å². The number of hydrogen-bond acceptors (Lipinski definition) is 2. The van der Waals surface area contributed by atoms with Gasteiger partial charge in [0.1, 0.15) is 0 Å². The summed E-state index contributed by atoms with van der Waals surface area (Å²) in [5.41, 5.74) is 1.28. The highest BCUT2D eigenvalue weighted by molar-refractivity contribution is 7.15. The van der Waals surface area contributed by atoms with Crippen molar-refractivity contribution in [2.75, 3.05) is 0 Å². The summed E-state index contributed by atoms with van der Waals surface area (Å²) >= 11 is 1.89. The first kappa shape index (κ1) is 11.0. The van der Waals surface area contributed by atoms with Crippen LogP contribution in [0.3, 0.4) is 0 Å². The van der Waals surface area contributed by atoms with Crippen molar-refractivity contribution >= 4 is 11.3 Å². The number of nitrogens with zero attached hydrogens (tertiary/aromatic N) is 2. The van der Waals surface area contributed by atoms with Crippen molar-refractivity contribution in [1.82, 2.24) is 9.78 Å². The maximum atomic E-state index is 4.53. The SMILES string of the molecule is CCc1ccc(-c2cnn(C3CCCC3)c2)s1. The van der Waals surface area contributed by atoms with Crippen molar-refractivity contribution in [2.24, 2.45) is 0 Å². The normalized spacial score (nSPS) is 16.8. The number of aromatic nitrogens is 2. The summed E-state index contributed by atoms with van der Waals surface area (Å²) < 4.78 is 2.17. The van der Waals surface area contributed by atoms with Gasteiger partial charge in [0.25, 0.3) is 0 Å². The third kappa shape index (κ3) is 2.16. The Kier molecular flexibility index (Phi) is 3.02. The average Bonchev–Trinajstić information content (AvgIpc) is 3.09. The van der Waals surface area contributed by atoms with Crippen LogP contribution in [0, 0.1) is 0 Å². The first-order chi connectivity index (χ1) is 8.36. The molecule has 90 valence electrons. The minimum absolute atomic E-state index is 0.648. The van der Waals surface area contributed by atoms with Gasteiger partial charge in [0.05, 0.1) is 12.2 Å². The van der Waals surface area contributed by atoms with Crippen molar-refractivity contribution in [3.63, 3.8) is 0 Å². The van der Waals surface area contributed by atoms with Crippen LogP contribution in [0.4, 0.5) is 0 Å². The van der Waals surface area contributed by atoms with E-state index >= 15 is 0 Å². The Morgan fingerprint density at radius 1 is 1.35 bits per heavy atom. The summed E-state index contributed by atoms with van der Waals surface area (Å²) in [5, 5.41) is 4.53. The maximum Gasteiger partial charge on any atom is 0.0576 e. The van der Waals surface area contributed by atoms with Gasteiger partial charge >= 0.3 is 0 Å². The molecule has 0 amide bonds. The minimum Gasteiger partial charge on any atom is -0.269 e. The third-order valence-electron chi connectivity index (χ3n) is 3.59. The first-order valence-corrected chi connectivity index (χ1v) is 7.31. The van der Waals surface area contributed by atoms with E-state index in [0.717, 1.165) is 6.42 Å². The Morgan fingerprint density at radius 2 is 2.18 bits per heavy atom. The second-order valence-corrected chi connectivity index (χ2v) is 5.94. The van der Waals surface area contributed by atoms with Gasteiger partial charge in [0.2, 0.25) is 0 Å². The molecule has 17 heavy (non-hydrogen) atoms. The molecule has 0 unspecified atom stereocenters. The molecular weight excluding hydrogens is 228 g/mol. The molecule has 2 heterocycles. The van der Waals surface area contributed by atoms with Gasteiger partial charge < -0.3 is 0 Å². The molecule has 3 rings (SSSR count). The predicted molar refractivity (Wildman–Crippen MR) is 72.4 cm³/mol. The molecule has 3 heteroatoms. The van der Waals surface area contributed by atoms with E-state index < -0.39 is 0 Å². The summed E-state index contributed by atoms with van der Waals surface area (Å²) in [7, 11) is 0. The van der Waals surface area contributed by atoms with Crippen LogP contribution in [0.15, 0.2) is 24.5 Å². The van der Waals surface area contributed by atoms with Gasteiger partial charge in [-0.1, -0.05) is 19.8 Å². The van der Waals surface area contributed by atoms with E-state index in [1.54, 1.807) is 0 Å². The average molecular weight is 246 g/mol. The molecule has 0 atom stereocenters. The van der Waals surface area contributed by atoms with Crippen molar-refractivity contribution < 1.29 is 0 Å². The van der Waals surface area contributed by atoms with E-state index in [-0.39, 0.29) is 0 Å². The smallest absolute Gasteiger partial charge is 0.0576 e. The highest BCUT2D eigenvalue weighted by Gasteiger charge is 2.17. The van der Waals surface area contributed by atoms with Gasteiger partial charge in [-0.3, -0.25) is 4.68 Å². The monoisotopic (exact) mass is 246 g/mol. The van der Waals surface area contributed by atoms with E-state index in [1.807, 2.05) is 17.5 Å².